The first-order valence-electron chi connectivity index (χ1n) is 11.2. The molecule has 0 aliphatic carbocycles. The molecular formula is C27H26N2O4. The van der Waals surface area contributed by atoms with Crippen molar-refractivity contribution in [2.75, 3.05) is 18.0 Å². The highest BCUT2D eigenvalue weighted by Gasteiger charge is 2.44. The van der Waals surface area contributed by atoms with Gasteiger partial charge in [-0.2, -0.15) is 0 Å². The number of benzene rings is 2. The number of fused-ring (bicyclic) bond motifs is 1. The number of hydrogen-bond donors (Lipinski definition) is 0. The molecule has 1 aliphatic rings. The summed E-state index contributed by atoms with van der Waals surface area (Å²) in [6.07, 6.45) is 1.53. The van der Waals surface area contributed by atoms with E-state index in [2.05, 4.69) is 23.7 Å². The maximum absolute atomic E-state index is 13.4. The molecule has 2 aromatic carbocycles. The third-order valence-corrected chi connectivity index (χ3v) is 6.09. The molecule has 1 aromatic heterocycles. The van der Waals surface area contributed by atoms with E-state index in [1.807, 2.05) is 24.3 Å². The average molecular weight is 443 g/mol. The van der Waals surface area contributed by atoms with Crippen LogP contribution in [0.25, 0.3) is 0 Å². The van der Waals surface area contributed by atoms with Gasteiger partial charge in [0.25, 0.3) is 0 Å². The lowest BCUT2D eigenvalue weighted by atomic mass is 9.76. The SMILES string of the molecule is CCN(CC)c1ccc2c(c1)OC(=O)C(C(=O)c1ccccc1)C2CC(=O)c1ccccn1. The summed E-state index contributed by atoms with van der Waals surface area (Å²) in [6, 6.07) is 19.4. The summed E-state index contributed by atoms with van der Waals surface area (Å²) in [5.74, 6) is -2.55. The van der Waals surface area contributed by atoms with Crippen molar-refractivity contribution in [2.24, 2.45) is 5.92 Å². The van der Waals surface area contributed by atoms with E-state index in [0.29, 0.717) is 22.6 Å². The number of carbonyl (C=O) groups is 3. The van der Waals surface area contributed by atoms with Gasteiger partial charge in [0.2, 0.25) is 0 Å². The Morgan fingerprint density at radius 3 is 2.36 bits per heavy atom. The number of pyridine rings is 1. The molecule has 2 atom stereocenters. The minimum Gasteiger partial charge on any atom is -0.426 e. The van der Waals surface area contributed by atoms with Crippen molar-refractivity contribution < 1.29 is 19.1 Å². The van der Waals surface area contributed by atoms with Gasteiger partial charge < -0.3 is 9.64 Å². The lowest BCUT2D eigenvalue weighted by molar-refractivity contribution is -0.139. The number of nitrogens with zero attached hydrogens (tertiary/aromatic N) is 2. The molecule has 2 heterocycles. The first kappa shape index (κ1) is 22.4. The Bertz CT molecular complexity index is 1160. The Hall–Kier alpha value is -3.80. The van der Waals surface area contributed by atoms with Gasteiger partial charge in [0.1, 0.15) is 17.4 Å². The van der Waals surface area contributed by atoms with Crippen LogP contribution in [0, 0.1) is 5.92 Å². The van der Waals surface area contributed by atoms with Gasteiger partial charge in [-0.3, -0.25) is 19.4 Å². The third-order valence-electron chi connectivity index (χ3n) is 6.09. The fraction of sp³-hybridized carbons (Fsp3) is 0.259. The molecule has 0 saturated heterocycles. The van der Waals surface area contributed by atoms with Gasteiger partial charge in [-0.1, -0.05) is 42.5 Å². The molecule has 33 heavy (non-hydrogen) atoms. The predicted octanol–water partition coefficient (Wildman–Crippen LogP) is 4.70. The highest BCUT2D eigenvalue weighted by molar-refractivity contribution is 6.11. The minimum absolute atomic E-state index is 0.0209. The molecular weight excluding hydrogens is 416 g/mol. The second kappa shape index (κ2) is 9.77. The van der Waals surface area contributed by atoms with Gasteiger partial charge in [0.05, 0.1) is 0 Å². The maximum Gasteiger partial charge on any atom is 0.322 e. The van der Waals surface area contributed by atoms with E-state index in [4.69, 9.17) is 4.74 Å². The summed E-state index contributed by atoms with van der Waals surface area (Å²) in [6.45, 7) is 5.72. The number of Topliss-reactive ketones (excluding diaryl/α,β-unsaturated/α-hetero) is 2. The standard InChI is InChI=1S/C27H26N2O4/c1-3-29(4-2)19-13-14-20-21(17-23(30)22-12-8-9-15-28-22)25(27(32)33-24(20)16-19)26(31)18-10-6-5-7-11-18/h5-16,21,25H,3-4,17H2,1-2H3. The van der Waals surface area contributed by atoms with Crippen LogP contribution in [0.4, 0.5) is 5.69 Å². The quantitative estimate of drug-likeness (QED) is 0.218. The normalized spacial score (nSPS) is 17.1. The molecule has 0 radical (unpaired) electrons. The van der Waals surface area contributed by atoms with Crippen molar-refractivity contribution in [3.05, 3.63) is 89.7 Å². The van der Waals surface area contributed by atoms with Crippen LogP contribution in [0.3, 0.4) is 0 Å². The first-order chi connectivity index (χ1) is 16.0. The van der Waals surface area contributed by atoms with E-state index in [0.717, 1.165) is 18.8 Å². The molecule has 0 spiro atoms. The monoisotopic (exact) mass is 442 g/mol. The predicted molar refractivity (Wildman–Crippen MR) is 126 cm³/mol. The highest BCUT2D eigenvalue weighted by Crippen LogP contribution is 2.43. The molecule has 0 bridgehead atoms. The number of ketones is 2. The topological polar surface area (TPSA) is 76.6 Å². The van der Waals surface area contributed by atoms with Crippen LogP contribution >= 0.6 is 0 Å². The van der Waals surface area contributed by atoms with Crippen molar-refractivity contribution in [1.29, 1.82) is 0 Å². The minimum atomic E-state index is -1.10. The van der Waals surface area contributed by atoms with E-state index in [9.17, 15) is 14.4 Å². The molecule has 0 saturated carbocycles. The molecule has 3 aromatic rings. The zero-order chi connectivity index (χ0) is 23.4. The number of hydrogen-bond acceptors (Lipinski definition) is 6. The summed E-state index contributed by atoms with van der Waals surface area (Å²) in [5.41, 5.74) is 2.33. The van der Waals surface area contributed by atoms with Crippen LogP contribution in [-0.4, -0.2) is 35.6 Å². The number of anilines is 1. The van der Waals surface area contributed by atoms with E-state index in [1.54, 1.807) is 48.7 Å². The Balaban J connectivity index is 1.76. The number of rotatable bonds is 8. The van der Waals surface area contributed by atoms with Gasteiger partial charge >= 0.3 is 5.97 Å². The van der Waals surface area contributed by atoms with Crippen molar-refractivity contribution in [3.63, 3.8) is 0 Å². The van der Waals surface area contributed by atoms with Gasteiger partial charge in [-0.25, -0.2) is 0 Å². The fourth-order valence-electron chi connectivity index (χ4n) is 4.35. The van der Waals surface area contributed by atoms with E-state index in [1.165, 1.54) is 0 Å². The number of ether oxygens (including phenoxy) is 1. The first-order valence-corrected chi connectivity index (χ1v) is 11.2. The Kier molecular flexibility index (Phi) is 6.63. The highest BCUT2D eigenvalue weighted by atomic mass is 16.5. The largest absolute Gasteiger partial charge is 0.426 e. The van der Waals surface area contributed by atoms with Gasteiger partial charge in [0.15, 0.2) is 11.6 Å². The average Bonchev–Trinajstić information content (AvgIpc) is 2.85. The summed E-state index contributed by atoms with van der Waals surface area (Å²) in [4.78, 5) is 45.9. The summed E-state index contributed by atoms with van der Waals surface area (Å²) >= 11 is 0. The van der Waals surface area contributed by atoms with Crippen molar-refractivity contribution >= 4 is 23.2 Å². The molecule has 2 unspecified atom stereocenters. The van der Waals surface area contributed by atoms with E-state index < -0.39 is 17.8 Å². The van der Waals surface area contributed by atoms with Crippen LogP contribution in [-0.2, 0) is 4.79 Å². The van der Waals surface area contributed by atoms with E-state index >= 15 is 0 Å². The van der Waals surface area contributed by atoms with Crippen molar-refractivity contribution in [1.82, 2.24) is 4.98 Å². The van der Waals surface area contributed by atoms with Crippen molar-refractivity contribution in [2.45, 2.75) is 26.2 Å². The van der Waals surface area contributed by atoms with Crippen LogP contribution in [0.15, 0.2) is 72.9 Å². The summed E-state index contributed by atoms with van der Waals surface area (Å²) in [7, 11) is 0. The van der Waals surface area contributed by atoms with Crippen LogP contribution < -0.4 is 9.64 Å². The Morgan fingerprint density at radius 1 is 0.970 bits per heavy atom. The fourth-order valence-corrected chi connectivity index (χ4v) is 4.35. The number of carbonyl (C=O) groups excluding carboxylic acids is 3. The number of esters is 1. The lowest BCUT2D eigenvalue weighted by Gasteiger charge is -2.32. The zero-order valence-electron chi connectivity index (χ0n) is 18.7. The second-order valence-corrected chi connectivity index (χ2v) is 7.97. The molecule has 4 rings (SSSR count). The van der Waals surface area contributed by atoms with Gasteiger partial charge in [-0.15, -0.1) is 0 Å². The van der Waals surface area contributed by atoms with Crippen molar-refractivity contribution in [3.8, 4) is 5.75 Å². The zero-order valence-corrected chi connectivity index (χ0v) is 18.7. The van der Waals surface area contributed by atoms with Crippen LogP contribution in [0.2, 0.25) is 0 Å². The third kappa shape index (κ3) is 4.55. The molecule has 1 aliphatic heterocycles. The summed E-state index contributed by atoms with van der Waals surface area (Å²) in [5, 5.41) is 0. The molecule has 168 valence electrons. The lowest BCUT2D eigenvalue weighted by Crippen LogP contribution is -2.38. The Morgan fingerprint density at radius 2 is 1.70 bits per heavy atom. The van der Waals surface area contributed by atoms with Gasteiger partial charge in [-0.05, 0) is 37.6 Å². The molecule has 6 nitrogen and oxygen atoms in total. The molecule has 0 N–H and O–H groups in total. The maximum atomic E-state index is 13.4. The summed E-state index contributed by atoms with van der Waals surface area (Å²) < 4.78 is 5.67. The molecule has 0 fully saturated rings. The smallest absolute Gasteiger partial charge is 0.322 e. The van der Waals surface area contributed by atoms with Crippen LogP contribution in [0.5, 0.6) is 5.75 Å². The van der Waals surface area contributed by atoms with Crippen LogP contribution in [0.1, 0.15) is 52.6 Å². The van der Waals surface area contributed by atoms with E-state index in [-0.39, 0.29) is 18.0 Å². The Labute approximate surface area is 193 Å². The second-order valence-electron chi connectivity index (χ2n) is 7.97. The molecule has 0 amide bonds. The molecule has 6 heteroatoms. The number of aromatic nitrogens is 1. The van der Waals surface area contributed by atoms with Gasteiger partial charge in [0, 0.05) is 48.9 Å².